The zero-order valence-corrected chi connectivity index (χ0v) is 30.7. The zero-order valence-electron chi connectivity index (χ0n) is 29.8. The van der Waals surface area contributed by atoms with Gasteiger partial charge in [-0.1, -0.05) is 162 Å². The molecule has 3 atom stereocenters. The topological polar surface area (TPSA) is 132 Å². The molecular weight excluding hydrogens is 607 g/mol. The van der Waals surface area contributed by atoms with Crippen LogP contribution in [0, 0.1) is 0 Å². The number of carbonyl (C=O) groups is 1. The summed E-state index contributed by atoms with van der Waals surface area (Å²) in [6.07, 6.45) is 29.2. The van der Waals surface area contributed by atoms with Gasteiger partial charge in [0.05, 0.1) is 26.4 Å². The quantitative estimate of drug-likeness (QED) is 0.0333. The van der Waals surface area contributed by atoms with Gasteiger partial charge in [-0.3, -0.25) is 13.8 Å². The molecular formula is C36H73O9P. The number of hydrogen-bond donors (Lipinski definition) is 3. The number of hydrogen-bond acceptors (Lipinski definition) is 8. The van der Waals surface area contributed by atoms with Gasteiger partial charge in [-0.2, -0.15) is 0 Å². The van der Waals surface area contributed by atoms with Gasteiger partial charge in [0.15, 0.2) is 0 Å². The summed E-state index contributed by atoms with van der Waals surface area (Å²) in [5.74, 6) is -0.382. The highest BCUT2D eigenvalue weighted by molar-refractivity contribution is 7.47. The smallest absolute Gasteiger partial charge is 0.457 e. The minimum atomic E-state index is -4.50. The highest BCUT2D eigenvalue weighted by atomic mass is 31.2. The van der Waals surface area contributed by atoms with E-state index in [0.717, 1.165) is 32.1 Å². The van der Waals surface area contributed by atoms with Gasteiger partial charge >= 0.3 is 13.8 Å². The molecule has 0 fully saturated rings. The number of aliphatic hydroxyl groups excluding tert-OH is 2. The molecule has 0 saturated carbocycles. The Morgan fingerprint density at radius 1 is 0.587 bits per heavy atom. The maximum absolute atomic E-state index is 12.5. The molecule has 0 aliphatic carbocycles. The van der Waals surface area contributed by atoms with Crippen molar-refractivity contribution in [1.29, 1.82) is 0 Å². The molecule has 0 heterocycles. The maximum Gasteiger partial charge on any atom is 0.472 e. The van der Waals surface area contributed by atoms with Crippen molar-refractivity contribution < 1.29 is 43.0 Å². The summed E-state index contributed by atoms with van der Waals surface area (Å²) in [6.45, 7) is 3.52. The summed E-state index contributed by atoms with van der Waals surface area (Å²) in [4.78, 5) is 22.4. The second-order valence-electron chi connectivity index (χ2n) is 13.0. The number of unbranched alkanes of at least 4 members (excludes halogenated alkanes) is 23. The van der Waals surface area contributed by atoms with E-state index < -0.39 is 33.2 Å². The largest absolute Gasteiger partial charge is 0.472 e. The average molecular weight is 681 g/mol. The van der Waals surface area contributed by atoms with Crippen LogP contribution >= 0.6 is 7.82 Å². The first-order valence-corrected chi connectivity index (χ1v) is 20.5. The molecule has 0 saturated heterocycles. The third kappa shape index (κ3) is 33.4. The number of phosphoric ester groups is 1. The van der Waals surface area contributed by atoms with E-state index in [4.69, 9.17) is 23.6 Å². The van der Waals surface area contributed by atoms with Gasteiger partial charge in [0.25, 0.3) is 0 Å². The van der Waals surface area contributed by atoms with Crippen LogP contribution in [-0.4, -0.2) is 66.3 Å². The highest BCUT2D eigenvalue weighted by Crippen LogP contribution is 2.43. The van der Waals surface area contributed by atoms with E-state index in [1.165, 1.54) is 128 Å². The van der Waals surface area contributed by atoms with Crippen LogP contribution in [0.2, 0.25) is 0 Å². The van der Waals surface area contributed by atoms with E-state index in [0.29, 0.717) is 6.61 Å². The molecule has 0 aromatic carbocycles. The normalized spacial score (nSPS) is 14.3. The van der Waals surface area contributed by atoms with Crippen LogP contribution in [0.5, 0.6) is 0 Å². The minimum Gasteiger partial charge on any atom is -0.457 e. The Balaban J connectivity index is 4.13. The Morgan fingerprint density at radius 3 is 1.41 bits per heavy atom. The predicted octanol–water partition coefficient (Wildman–Crippen LogP) is 9.58. The number of aliphatic hydroxyl groups is 2. The molecule has 0 spiro atoms. The van der Waals surface area contributed by atoms with E-state index >= 15 is 0 Å². The third-order valence-electron chi connectivity index (χ3n) is 8.29. The monoisotopic (exact) mass is 680 g/mol. The fourth-order valence-electron chi connectivity index (χ4n) is 5.36. The highest BCUT2D eigenvalue weighted by Gasteiger charge is 2.26. The van der Waals surface area contributed by atoms with Crippen molar-refractivity contribution in [1.82, 2.24) is 0 Å². The van der Waals surface area contributed by atoms with Crippen LogP contribution in [0.1, 0.15) is 181 Å². The number of ether oxygens (including phenoxy) is 2. The Morgan fingerprint density at radius 2 is 0.978 bits per heavy atom. The average Bonchev–Trinajstić information content (AvgIpc) is 3.04. The maximum atomic E-state index is 12.5. The summed E-state index contributed by atoms with van der Waals surface area (Å²) in [5, 5.41) is 18.2. The fraction of sp³-hybridized carbons (Fsp3) is 0.972. The first kappa shape index (κ1) is 45.5. The fourth-order valence-corrected chi connectivity index (χ4v) is 6.15. The number of rotatable bonds is 37. The Labute approximate surface area is 282 Å². The standard InChI is InChI=1S/C36H73O9P/c1-3-5-7-9-11-13-14-15-16-17-18-19-21-23-25-27-29-42-32-35(33-44-46(40,41)43-31-34(38)30-37)45-36(39)28-26-24-22-20-12-10-8-6-4-2/h34-35,37-38H,3-33H2,1-2H3,(H,40,41)/t34-,35+/m0/s1. The second kappa shape index (κ2) is 34.3. The van der Waals surface area contributed by atoms with Crippen molar-refractivity contribution in [3.05, 3.63) is 0 Å². The van der Waals surface area contributed by atoms with Crippen LogP contribution in [0.25, 0.3) is 0 Å². The number of phosphoric acid groups is 1. The molecule has 0 rings (SSSR count). The lowest BCUT2D eigenvalue weighted by Gasteiger charge is -2.20. The Hall–Kier alpha value is -0.540. The molecule has 276 valence electrons. The van der Waals surface area contributed by atoms with Gasteiger partial charge in [-0.25, -0.2) is 4.57 Å². The Bertz CT molecular complexity index is 694. The molecule has 0 amide bonds. The molecule has 0 aromatic rings. The van der Waals surface area contributed by atoms with Crippen molar-refractivity contribution >= 4 is 13.8 Å². The third-order valence-corrected chi connectivity index (χ3v) is 9.24. The molecule has 3 N–H and O–H groups in total. The first-order valence-electron chi connectivity index (χ1n) is 19.0. The Kier molecular flexibility index (Phi) is 33.9. The molecule has 46 heavy (non-hydrogen) atoms. The van der Waals surface area contributed by atoms with Crippen molar-refractivity contribution in [2.45, 2.75) is 193 Å². The first-order chi connectivity index (χ1) is 22.3. The lowest BCUT2D eigenvalue weighted by molar-refractivity contribution is -0.154. The van der Waals surface area contributed by atoms with E-state index in [1.807, 2.05) is 0 Å². The van der Waals surface area contributed by atoms with Gasteiger partial charge < -0.3 is 24.6 Å². The van der Waals surface area contributed by atoms with Crippen LogP contribution in [0.15, 0.2) is 0 Å². The minimum absolute atomic E-state index is 0.0570. The molecule has 0 aromatic heterocycles. The van der Waals surface area contributed by atoms with Gasteiger partial charge in [0, 0.05) is 13.0 Å². The van der Waals surface area contributed by atoms with Crippen LogP contribution < -0.4 is 0 Å². The summed E-state index contributed by atoms with van der Waals surface area (Å²) in [7, 11) is -4.50. The molecule has 10 heteroatoms. The second-order valence-corrected chi connectivity index (χ2v) is 14.4. The molecule has 9 nitrogen and oxygen atoms in total. The zero-order chi connectivity index (χ0) is 34.0. The molecule has 0 bridgehead atoms. The van der Waals surface area contributed by atoms with Crippen LogP contribution in [0.3, 0.4) is 0 Å². The molecule has 0 aliphatic heterocycles. The summed E-state index contributed by atoms with van der Waals surface area (Å²) in [5.41, 5.74) is 0. The number of esters is 1. The van der Waals surface area contributed by atoms with Gasteiger partial charge in [0.2, 0.25) is 0 Å². The van der Waals surface area contributed by atoms with Gasteiger partial charge in [-0.15, -0.1) is 0 Å². The lowest BCUT2D eigenvalue weighted by Crippen LogP contribution is -2.29. The SMILES string of the molecule is CCCCCCCCCCCCCCCCCCOC[C@H](COP(=O)(O)OC[C@@H](O)CO)OC(=O)CCCCCCCCCCC. The molecule has 1 unspecified atom stereocenters. The van der Waals surface area contributed by atoms with E-state index in [9.17, 15) is 19.4 Å². The van der Waals surface area contributed by atoms with Crippen molar-refractivity contribution in [2.24, 2.45) is 0 Å². The van der Waals surface area contributed by atoms with Crippen molar-refractivity contribution in [3.63, 3.8) is 0 Å². The van der Waals surface area contributed by atoms with E-state index in [-0.39, 0.29) is 25.6 Å². The van der Waals surface area contributed by atoms with Gasteiger partial charge in [0.1, 0.15) is 12.2 Å². The predicted molar refractivity (Wildman–Crippen MR) is 187 cm³/mol. The van der Waals surface area contributed by atoms with Crippen molar-refractivity contribution in [2.75, 3.05) is 33.0 Å². The molecule has 0 aliphatic rings. The van der Waals surface area contributed by atoms with Crippen molar-refractivity contribution in [3.8, 4) is 0 Å². The van der Waals surface area contributed by atoms with E-state index in [2.05, 4.69) is 13.8 Å². The van der Waals surface area contributed by atoms with Crippen LogP contribution in [0.4, 0.5) is 0 Å². The number of carbonyl (C=O) groups excluding carboxylic acids is 1. The molecule has 0 radical (unpaired) electrons. The lowest BCUT2D eigenvalue weighted by atomic mass is 10.0. The summed E-state index contributed by atoms with van der Waals surface area (Å²) >= 11 is 0. The van der Waals surface area contributed by atoms with Crippen LogP contribution in [-0.2, 0) is 27.9 Å². The summed E-state index contributed by atoms with van der Waals surface area (Å²) < 4.78 is 33.2. The summed E-state index contributed by atoms with van der Waals surface area (Å²) in [6, 6.07) is 0. The van der Waals surface area contributed by atoms with E-state index in [1.54, 1.807) is 0 Å². The van der Waals surface area contributed by atoms with Gasteiger partial charge in [-0.05, 0) is 12.8 Å².